The number of para-hydroxylation sites is 1. The van der Waals surface area contributed by atoms with Crippen molar-refractivity contribution in [3.8, 4) is 0 Å². The Kier molecular flexibility index (Phi) is 4.45. The second-order valence-corrected chi connectivity index (χ2v) is 7.34. The number of hydrogen-bond acceptors (Lipinski definition) is 5. The van der Waals surface area contributed by atoms with Gasteiger partial charge in [-0.05, 0) is 30.7 Å². The van der Waals surface area contributed by atoms with Gasteiger partial charge in [0, 0.05) is 20.0 Å². The van der Waals surface area contributed by atoms with E-state index in [0.717, 1.165) is 10.2 Å². The maximum absolute atomic E-state index is 12.5. The first-order valence-corrected chi connectivity index (χ1v) is 9.45. The molecule has 136 valence electrons. The highest BCUT2D eigenvalue weighted by molar-refractivity contribution is 7.22. The topological polar surface area (TPSA) is 70.6 Å². The van der Waals surface area contributed by atoms with Crippen molar-refractivity contribution >= 4 is 44.4 Å². The van der Waals surface area contributed by atoms with Gasteiger partial charge in [0.1, 0.15) is 0 Å². The molecule has 3 amide bonds. The summed E-state index contributed by atoms with van der Waals surface area (Å²) in [5.41, 5.74) is 1.73. The second-order valence-electron chi connectivity index (χ2n) is 6.33. The molecule has 7 heteroatoms. The molecule has 0 fully saturated rings. The predicted octanol–water partition coefficient (Wildman–Crippen LogP) is 3.34. The Hall–Kier alpha value is -3.06. The molecule has 2 aromatic carbocycles. The van der Waals surface area contributed by atoms with E-state index >= 15 is 0 Å². The predicted molar refractivity (Wildman–Crippen MR) is 104 cm³/mol. The van der Waals surface area contributed by atoms with Gasteiger partial charge in [-0.1, -0.05) is 35.6 Å². The summed E-state index contributed by atoms with van der Waals surface area (Å²) in [6.07, 6.45) is 0.652. The van der Waals surface area contributed by atoms with E-state index in [0.29, 0.717) is 22.7 Å². The van der Waals surface area contributed by atoms with Crippen LogP contribution in [0.5, 0.6) is 0 Å². The van der Waals surface area contributed by atoms with Gasteiger partial charge in [-0.2, -0.15) is 0 Å². The molecule has 0 bridgehead atoms. The quantitative estimate of drug-likeness (QED) is 0.638. The SMILES string of the molecule is CN(C(=O)CCCN1C(=O)c2ccccc2C1=O)c1nc2ccccc2s1. The van der Waals surface area contributed by atoms with Gasteiger partial charge in [-0.25, -0.2) is 4.98 Å². The highest BCUT2D eigenvalue weighted by atomic mass is 32.1. The summed E-state index contributed by atoms with van der Waals surface area (Å²) in [6, 6.07) is 14.5. The zero-order valence-corrected chi connectivity index (χ0v) is 15.5. The summed E-state index contributed by atoms with van der Waals surface area (Å²) in [4.78, 5) is 44.4. The lowest BCUT2D eigenvalue weighted by Gasteiger charge is -2.16. The fourth-order valence-electron chi connectivity index (χ4n) is 3.11. The Balaban J connectivity index is 1.37. The summed E-state index contributed by atoms with van der Waals surface area (Å²) in [5, 5.41) is 0.641. The van der Waals surface area contributed by atoms with Crippen LogP contribution < -0.4 is 4.90 Å². The van der Waals surface area contributed by atoms with Gasteiger partial charge in [-0.3, -0.25) is 24.2 Å². The van der Waals surface area contributed by atoms with E-state index in [1.165, 1.54) is 21.1 Å². The lowest BCUT2D eigenvalue weighted by molar-refractivity contribution is -0.118. The Bertz CT molecular complexity index is 991. The molecule has 1 aromatic heterocycles. The maximum Gasteiger partial charge on any atom is 0.261 e. The monoisotopic (exact) mass is 379 g/mol. The second kappa shape index (κ2) is 6.92. The Morgan fingerprint density at radius 1 is 1.04 bits per heavy atom. The molecule has 4 rings (SSSR count). The third kappa shape index (κ3) is 3.10. The normalized spacial score (nSPS) is 13.3. The van der Waals surface area contributed by atoms with Crippen LogP contribution in [0.25, 0.3) is 10.2 Å². The third-order valence-electron chi connectivity index (χ3n) is 4.59. The van der Waals surface area contributed by atoms with E-state index in [9.17, 15) is 14.4 Å². The number of hydrogen-bond donors (Lipinski definition) is 0. The first kappa shape index (κ1) is 17.4. The first-order valence-electron chi connectivity index (χ1n) is 8.63. The van der Waals surface area contributed by atoms with Crippen molar-refractivity contribution in [2.45, 2.75) is 12.8 Å². The molecule has 27 heavy (non-hydrogen) atoms. The molecule has 0 radical (unpaired) electrons. The molecule has 0 saturated carbocycles. The number of amides is 3. The van der Waals surface area contributed by atoms with Crippen LogP contribution in [0.2, 0.25) is 0 Å². The molecule has 3 aromatic rings. The largest absolute Gasteiger partial charge is 0.291 e. The van der Waals surface area contributed by atoms with Crippen molar-refractivity contribution < 1.29 is 14.4 Å². The minimum Gasteiger partial charge on any atom is -0.291 e. The van der Waals surface area contributed by atoms with Crippen LogP contribution in [0.3, 0.4) is 0 Å². The number of fused-ring (bicyclic) bond motifs is 2. The lowest BCUT2D eigenvalue weighted by atomic mass is 10.1. The van der Waals surface area contributed by atoms with Gasteiger partial charge in [0.15, 0.2) is 5.13 Å². The summed E-state index contributed by atoms with van der Waals surface area (Å²) in [6.45, 7) is 0.228. The van der Waals surface area contributed by atoms with Crippen LogP contribution in [0.1, 0.15) is 33.6 Å². The third-order valence-corrected chi connectivity index (χ3v) is 5.71. The van der Waals surface area contributed by atoms with E-state index in [4.69, 9.17) is 0 Å². The van der Waals surface area contributed by atoms with E-state index < -0.39 is 0 Å². The molecular formula is C20H17N3O3S. The average molecular weight is 379 g/mol. The lowest BCUT2D eigenvalue weighted by Crippen LogP contribution is -2.32. The standard InChI is InChI=1S/C20H17N3O3S/c1-22(20-21-15-9-4-5-10-16(15)27-20)17(24)11-6-12-23-18(25)13-7-2-3-8-14(13)19(23)26/h2-5,7-10H,6,11-12H2,1H3. The van der Waals surface area contributed by atoms with Crippen molar-refractivity contribution in [3.05, 3.63) is 59.7 Å². The molecule has 0 saturated heterocycles. The Morgan fingerprint density at radius 3 is 2.33 bits per heavy atom. The first-order chi connectivity index (χ1) is 13.1. The summed E-state index contributed by atoms with van der Waals surface area (Å²) in [5.74, 6) is -0.671. The van der Waals surface area contributed by atoms with Crippen molar-refractivity contribution in [2.24, 2.45) is 0 Å². The van der Waals surface area contributed by atoms with Crippen molar-refractivity contribution in [1.82, 2.24) is 9.88 Å². The molecule has 1 aliphatic heterocycles. The van der Waals surface area contributed by atoms with E-state index in [1.54, 1.807) is 31.3 Å². The number of aromatic nitrogens is 1. The summed E-state index contributed by atoms with van der Waals surface area (Å²) >= 11 is 1.46. The Labute approximate surface area is 160 Å². The van der Waals surface area contributed by atoms with E-state index in [-0.39, 0.29) is 30.7 Å². The molecule has 0 spiro atoms. The smallest absolute Gasteiger partial charge is 0.261 e. The van der Waals surface area contributed by atoms with Crippen molar-refractivity contribution in [3.63, 3.8) is 0 Å². The molecule has 2 heterocycles. The molecule has 6 nitrogen and oxygen atoms in total. The van der Waals surface area contributed by atoms with Gasteiger partial charge in [0.05, 0.1) is 21.3 Å². The number of thiazole rings is 1. The number of nitrogens with zero attached hydrogens (tertiary/aromatic N) is 3. The summed E-state index contributed by atoms with van der Waals surface area (Å²) < 4.78 is 1.03. The van der Waals surface area contributed by atoms with Crippen LogP contribution in [-0.4, -0.2) is 41.2 Å². The molecule has 0 aliphatic carbocycles. The van der Waals surface area contributed by atoms with Gasteiger partial charge in [-0.15, -0.1) is 0 Å². The number of anilines is 1. The molecule has 0 unspecified atom stereocenters. The highest BCUT2D eigenvalue weighted by Crippen LogP contribution is 2.28. The zero-order chi connectivity index (χ0) is 19.0. The van der Waals surface area contributed by atoms with Crippen LogP contribution in [-0.2, 0) is 4.79 Å². The number of carbonyl (C=O) groups excluding carboxylic acids is 3. The molecule has 0 atom stereocenters. The number of imide groups is 1. The molecule has 1 aliphatic rings. The Morgan fingerprint density at radius 2 is 1.67 bits per heavy atom. The van der Waals surface area contributed by atoms with Gasteiger partial charge < -0.3 is 0 Å². The fraction of sp³-hybridized carbons (Fsp3) is 0.200. The van der Waals surface area contributed by atoms with Gasteiger partial charge in [0.25, 0.3) is 11.8 Å². The van der Waals surface area contributed by atoms with E-state index in [2.05, 4.69) is 4.98 Å². The number of carbonyl (C=O) groups is 3. The highest BCUT2D eigenvalue weighted by Gasteiger charge is 2.34. The average Bonchev–Trinajstić information content (AvgIpc) is 3.22. The van der Waals surface area contributed by atoms with Crippen LogP contribution in [0, 0.1) is 0 Å². The minimum absolute atomic E-state index is 0.0920. The van der Waals surface area contributed by atoms with Crippen molar-refractivity contribution in [2.75, 3.05) is 18.5 Å². The van der Waals surface area contributed by atoms with Gasteiger partial charge >= 0.3 is 0 Å². The minimum atomic E-state index is -0.289. The maximum atomic E-state index is 12.5. The van der Waals surface area contributed by atoms with Gasteiger partial charge in [0.2, 0.25) is 5.91 Å². The number of rotatable bonds is 5. The fourth-order valence-corrected chi connectivity index (χ4v) is 4.05. The molecule has 0 N–H and O–H groups in total. The van der Waals surface area contributed by atoms with E-state index in [1.807, 2.05) is 24.3 Å². The zero-order valence-electron chi connectivity index (χ0n) is 14.7. The van der Waals surface area contributed by atoms with Crippen LogP contribution >= 0.6 is 11.3 Å². The molecular weight excluding hydrogens is 362 g/mol. The van der Waals surface area contributed by atoms with Crippen LogP contribution in [0.15, 0.2) is 48.5 Å². The number of benzene rings is 2. The summed E-state index contributed by atoms with van der Waals surface area (Å²) in [7, 11) is 1.70. The van der Waals surface area contributed by atoms with Crippen molar-refractivity contribution in [1.29, 1.82) is 0 Å². The van der Waals surface area contributed by atoms with Crippen LogP contribution in [0.4, 0.5) is 5.13 Å².